The van der Waals surface area contributed by atoms with Crippen LogP contribution in [0.25, 0.3) is 16.9 Å². The zero-order valence-corrected chi connectivity index (χ0v) is 21.1. The number of carbonyl (C=O) groups excluding carboxylic acids is 1. The van der Waals surface area contributed by atoms with Gasteiger partial charge in [-0.3, -0.25) is 4.79 Å². The number of methoxy groups -OCH3 is 3. The molecular weight excluding hydrogens is 468 g/mol. The number of nitrogens with zero attached hydrogens (tertiary/aromatic N) is 3. The molecule has 0 bridgehead atoms. The first-order valence-corrected chi connectivity index (χ1v) is 11.4. The van der Waals surface area contributed by atoms with Crippen molar-refractivity contribution < 1.29 is 19.0 Å². The van der Waals surface area contributed by atoms with E-state index in [0.717, 1.165) is 33.9 Å². The standard InChI is InChI=1S/C26H27ClN4O4/c1-15-19(9-11-26(32)29-17-6-10-23(34-4)21(27)12-17)16(2)31-25(28-15)14-22(30-31)20-8-7-18(33-3)13-24(20)35-5/h6-8,10,12-14H,9,11H2,1-5H3,(H,29,32). The number of carbonyl (C=O) groups is 1. The van der Waals surface area contributed by atoms with Gasteiger partial charge in [-0.1, -0.05) is 11.6 Å². The molecule has 8 nitrogen and oxygen atoms in total. The Balaban J connectivity index is 1.55. The predicted octanol–water partition coefficient (Wildman–Crippen LogP) is 5.26. The van der Waals surface area contributed by atoms with Crippen molar-refractivity contribution in [1.82, 2.24) is 14.6 Å². The van der Waals surface area contributed by atoms with E-state index in [1.807, 2.05) is 42.6 Å². The number of ether oxygens (including phenoxy) is 3. The Hall–Kier alpha value is -3.78. The maximum Gasteiger partial charge on any atom is 0.224 e. The zero-order valence-electron chi connectivity index (χ0n) is 20.3. The van der Waals surface area contributed by atoms with Crippen molar-refractivity contribution in [2.45, 2.75) is 26.7 Å². The summed E-state index contributed by atoms with van der Waals surface area (Å²) in [6.45, 7) is 3.93. The Morgan fingerprint density at radius 1 is 1.00 bits per heavy atom. The van der Waals surface area contributed by atoms with E-state index < -0.39 is 0 Å². The Labute approximate surface area is 208 Å². The summed E-state index contributed by atoms with van der Waals surface area (Å²) in [5.74, 6) is 1.81. The molecular formula is C26H27ClN4O4. The zero-order chi connectivity index (χ0) is 25.1. The molecule has 0 saturated heterocycles. The van der Waals surface area contributed by atoms with Gasteiger partial charge in [0.2, 0.25) is 5.91 Å². The van der Waals surface area contributed by atoms with Crippen molar-refractivity contribution >= 4 is 28.8 Å². The number of nitrogens with one attached hydrogen (secondary N) is 1. The topological polar surface area (TPSA) is 87.0 Å². The van der Waals surface area contributed by atoms with Crippen LogP contribution in [0.4, 0.5) is 5.69 Å². The molecule has 0 aliphatic carbocycles. The molecule has 35 heavy (non-hydrogen) atoms. The van der Waals surface area contributed by atoms with Gasteiger partial charge in [-0.2, -0.15) is 5.10 Å². The summed E-state index contributed by atoms with van der Waals surface area (Å²) in [7, 11) is 4.78. The second kappa shape index (κ2) is 10.2. The van der Waals surface area contributed by atoms with Gasteiger partial charge in [0, 0.05) is 41.2 Å². The van der Waals surface area contributed by atoms with Crippen molar-refractivity contribution in [3.05, 3.63) is 64.4 Å². The molecule has 0 saturated carbocycles. The molecule has 2 heterocycles. The Kier molecular flexibility index (Phi) is 7.12. The lowest BCUT2D eigenvalue weighted by molar-refractivity contribution is -0.116. The van der Waals surface area contributed by atoms with E-state index in [1.165, 1.54) is 0 Å². The molecule has 0 aliphatic rings. The van der Waals surface area contributed by atoms with Crippen LogP contribution in [0.15, 0.2) is 42.5 Å². The highest BCUT2D eigenvalue weighted by Crippen LogP contribution is 2.33. The van der Waals surface area contributed by atoms with Crippen LogP contribution in [0.5, 0.6) is 17.2 Å². The van der Waals surface area contributed by atoms with Crippen molar-refractivity contribution in [1.29, 1.82) is 0 Å². The highest BCUT2D eigenvalue weighted by Gasteiger charge is 2.17. The SMILES string of the molecule is COc1ccc(-c2cc3nc(C)c(CCC(=O)Nc4ccc(OC)c(Cl)c4)c(C)n3n2)c(OC)c1. The highest BCUT2D eigenvalue weighted by molar-refractivity contribution is 6.32. The molecule has 4 aromatic rings. The van der Waals surface area contributed by atoms with Gasteiger partial charge in [-0.15, -0.1) is 0 Å². The average molecular weight is 495 g/mol. The minimum Gasteiger partial charge on any atom is -0.497 e. The molecule has 4 rings (SSSR count). The number of rotatable bonds is 8. The number of hydrogen-bond donors (Lipinski definition) is 1. The van der Waals surface area contributed by atoms with E-state index in [9.17, 15) is 4.79 Å². The lowest BCUT2D eigenvalue weighted by Gasteiger charge is -2.12. The number of aryl methyl sites for hydroxylation is 2. The van der Waals surface area contributed by atoms with Crippen LogP contribution in [-0.2, 0) is 11.2 Å². The molecule has 2 aromatic heterocycles. The summed E-state index contributed by atoms with van der Waals surface area (Å²) < 4.78 is 17.8. The van der Waals surface area contributed by atoms with Gasteiger partial charge in [0.15, 0.2) is 5.65 Å². The third-order valence-corrected chi connectivity index (χ3v) is 6.18. The number of halogens is 1. The van der Waals surface area contributed by atoms with E-state index >= 15 is 0 Å². The summed E-state index contributed by atoms with van der Waals surface area (Å²) in [5, 5.41) is 8.10. The molecule has 0 atom stereocenters. The highest BCUT2D eigenvalue weighted by atomic mass is 35.5. The number of hydrogen-bond acceptors (Lipinski definition) is 6. The van der Waals surface area contributed by atoms with Crippen molar-refractivity contribution in [2.24, 2.45) is 0 Å². The third-order valence-electron chi connectivity index (χ3n) is 5.89. The summed E-state index contributed by atoms with van der Waals surface area (Å²) in [4.78, 5) is 17.3. The molecule has 0 unspecified atom stereocenters. The van der Waals surface area contributed by atoms with Crippen LogP contribution in [0.2, 0.25) is 5.02 Å². The van der Waals surface area contributed by atoms with Gasteiger partial charge >= 0.3 is 0 Å². The largest absolute Gasteiger partial charge is 0.497 e. The number of anilines is 1. The minimum absolute atomic E-state index is 0.116. The molecule has 1 N–H and O–H groups in total. The molecule has 9 heteroatoms. The van der Waals surface area contributed by atoms with Crippen molar-refractivity contribution in [3.8, 4) is 28.5 Å². The molecule has 0 spiro atoms. The molecule has 0 radical (unpaired) electrons. The number of benzene rings is 2. The maximum atomic E-state index is 12.6. The lowest BCUT2D eigenvalue weighted by Crippen LogP contribution is -2.14. The van der Waals surface area contributed by atoms with E-state index in [2.05, 4.69) is 5.32 Å². The first kappa shape index (κ1) is 24.3. The first-order valence-electron chi connectivity index (χ1n) is 11.1. The fourth-order valence-electron chi connectivity index (χ4n) is 4.04. The van der Waals surface area contributed by atoms with Crippen LogP contribution >= 0.6 is 11.6 Å². The van der Waals surface area contributed by atoms with E-state index in [-0.39, 0.29) is 5.91 Å². The predicted molar refractivity (Wildman–Crippen MR) is 136 cm³/mol. The van der Waals surface area contributed by atoms with E-state index in [1.54, 1.807) is 39.5 Å². The smallest absolute Gasteiger partial charge is 0.224 e. The Bertz CT molecular complexity index is 1400. The van der Waals surface area contributed by atoms with Gasteiger partial charge in [-0.25, -0.2) is 9.50 Å². The van der Waals surface area contributed by atoms with Gasteiger partial charge in [0.1, 0.15) is 17.2 Å². The fourth-order valence-corrected chi connectivity index (χ4v) is 4.29. The number of amides is 1. The van der Waals surface area contributed by atoms with Gasteiger partial charge < -0.3 is 19.5 Å². The molecule has 0 fully saturated rings. The second-order valence-electron chi connectivity index (χ2n) is 8.02. The monoisotopic (exact) mass is 494 g/mol. The molecule has 182 valence electrons. The van der Waals surface area contributed by atoms with Crippen LogP contribution in [0, 0.1) is 13.8 Å². The third kappa shape index (κ3) is 5.02. The number of aromatic nitrogens is 3. The average Bonchev–Trinajstić information content (AvgIpc) is 3.27. The summed E-state index contributed by atoms with van der Waals surface area (Å²) >= 11 is 6.16. The summed E-state index contributed by atoms with van der Waals surface area (Å²) in [6, 6.07) is 12.7. The van der Waals surface area contributed by atoms with Gasteiger partial charge in [0.05, 0.1) is 32.0 Å². The molecule has 2 aromatic carbocycles. The maximum absolute atomic E-state index is 12.6. The molecule has 0 aliphatic heterocycles. The van der Waals surface area contributed by atoms with Gasteiger partial charge in [-0.05, 0) is 56.2 Å². The minimum atomic E-state index is -0.116. The van der Waals surface area contributed by atoms with Crippen molar-refractivity contribution in [3.63, 3.8) is 0 Å². The number of fused-ring (bicyclic) bond motifs is 1. The fraction of sp³-hybridized carbons (Fsp3) is 0.269. The molecule has 1 amide bonds. The quantitative estimate of drug-likeness (QED) is 0.359. The summed E-state index contributed by atoms with van der Waals surface area (Å²) in [6.07, 6.45) is 0.816. The second-order valence-corrected chi connectivity index (χ2v) is 8.43. The lowest BCUT2D eigenvalue weighted by atomic mass is 10.1. The van der Waals surface area contributed by atoms with E-state index in [4.69, 9.17) is 35.9 Å². The van der Waals surface area contributed by atoms with E-state index in [0.29, 0.717) is 40.8 Å². The van der Waals surface area contributed by atoms with Crippen LogP contribution in [-0.4, -0.2) is 41.8 Å². The van der Waals surface area contributed by atoms with Gasteiger partial charge in [0.25, 0.3) is 0 Å². The Morgan fingerprint density at radius 2 is 1.77 bits per heavy atom. The van der Waals surface area contributed by atoms with Crippen molar-refractivity contribution in [2.75, 3.05) is 26.6 Å². The normalized spacial score (nSPS) is 10.9. The first-order chi connectivity index (χ1) is 16.8. The summed E-state index contributed by atoms with van der Waals surface area (Å²) in [5.41, 5.74) is 5.72. The van der Waals surface area contributed by atoms with Crippen LogP contribution in [0.3, 0.4) is 0 Å². The Morgan fingerprint density at radius 3 is 2.46 bits per heavy atom. The van der Waals surface area contributed by atoms with Crippen LogP contribution in [0.1, 0.15) is 23.4 Å². The van der Waals surface area contributed by atoms with Crippen LogP contribution < -0.4 is 19.5 Å².